The molecular weight excluding hydrogens is 306 g/mol. The third kappa shape index (κ3) is 4.91. The Morgan fingerprint density at radius 1 is 1.12 bits per heavy atom. The maximum atomic E-state index is 13.2. The van der Waals surface area contributed by atoms with Crippen molar-refractivity contribution in [3.8, 4) is 0 Å². The van der Waals surface area contributed by atoms with E-state index in [2.05, 4.69) is 5.10 Å². The molecular formula is C18H25N3O3. The molecule has 0 saturated carbocycles. The van der Waals surface area contributed by atoms with Gasteiger partial charge in [-0.15, -0.1) is 0 Å². The molecule has 1 aromatic heterocycles. The van der Waals surface area contributed by atoms with E-state index in [4.69, 9.17) is 9.47 Å². The van der Waals surface area contributed by atoms with Crippen LogP contribution in [0.15, 0.2) is 48.8 Å². The van der Waals surface area contributed by atoms with Crippen molar-refractivity contribution in [3.05, 3.63) is 54.4 Å². The predicted molar refractivity (Wildman–Crippen MR) is 91.8 cm³/mol. The summed E-state index contributed by atoms with van der Waals surface area (Å²) in [6, 6.07) is 11.1. The van der Waals surface area contributed by atoms with E-state index < -0.39 is 6.04 Å². The molecule has 1 heterocycles. The van der Waals surface area contributed by atoms with Gasteiger partial charge in [-0.05, 0) is 18.1 Å². The first-order valence-electron chi connectivity index (χ1n) is 8.08. The molecule has 0 N–H and O–H groups in total. The Morgan fingerprint density at radius 3 is 2.50 bits per heavy atom. The van der Waals surface area contributed by atoms with E-state index in [0.717, 1.165) is 12.0 Å². The van der Waals surface area contributed by atoms with Crippen LogP contribution in [0.5, 0.6) is 0 Å². The number of methoxy groups -OCH3 is 2. The molecule has 130 valence electrons. The van der Waals surface area contributed by atoms with Gasteiger partial charge in [0.2, 0.25) is 0 Å². The smallest absolute Gasteiger partial charge is 0.252 e. The summed E-state index contributed by atoms with van der Waals surface area (Å²) in [5.41, 5.74) is 0.917. The van der Waals surface area contributed by atoms with Crippen molar-refractivity contribution in [2.24, 2.45) is 0 Å². The van der Waals surface area contributed by atoms with Crippen LogP contribution in [0.2, 0.25) is 0 Å². The van der Waals surface area contributed by atoms with E-state index in [1.807, 2.05) is 47.5 Å². The molecule has 0 aliphatic heterocycles. The predicted octanol–water partition coefficient (Wildman–Crippen LogP) is 1.98. The van der Waals surface area contributed by atoms with Gasteiger partial charge in [0.1, 0.15) is 0 Å². The van der Waals surface area contributed by atoms with Gasteiger partial charge in [0.05, 0.1) is 6.61 Å². The highest BCUT2D eigenvalue weighted by molar-refractivity contribution is 5.83. The molecule has 0 aliphatic rings. The van der Waals surface area contributed by atoms with Crippen molar-refractivity contribution in [3.63, 3.8) is 0 Å². The fraction of sp³-hybridized carbons (Fsp3) is 0.444. The Balaban J connectivity index is 2.23. The Labute approximate surface area is 143 Å². The largest absolute Gasteiger partial charge is 0.385 e. The minimum atomic E-state index is -0.472. The second-order valence-corrected chi connectivity index (χ2v) is 5.46. The molecule has 0 radical (unpaired) electrons. The highest BCUT2D eigenvalue weighted by Crippen LogP contribution is 2.20. The molecule has 0 fully saturated rings. The van der Waals surface area contributed by atoms with Crippen LogP contribution in [0.1, 0.15) is 18.0 Å². The van der Waals surface area contributed by atoms with Gasteiger partial charge in [-0.3, -0.25) is 9.48 Å². The Kier molecular flexibility index (Phi) is 7.45. The summed E-state index contributed by atoms with van der Waals surface area (Å²) >= 11 is 0. The average Bonchev–Trinajstić information content (AvgIpc) is 3.13. The third-order valence-corrected chi connectivity index (χ3v) is 3.79. The number of carbonyl (C=O) groups excluding carboxylic acids is 1. The van der Waals surface area contributed by atoms with Crippen molar-refractivity contribution in [2.45, 2.75) is 12.5 Å². The fourth-order valence-corrected chi connectivity index (χ4v) is 2.58. The van der Waals surface area contributed by atoms with E-state index in [1.54, 1.807) is 25.1 Å². The normalized spacial score (nSPS) is 12.1. The molecule has 6 nitrogen and oxygen atoms in total. The van der Waals surface area contributed by atoms with Crippen LogP contribution < -0.4 is 0 Å². The molecule has 6 heteroatoms. The van der Waals surface area contributed by atoms with E-state index in [-0.39, 0.29) is 5.91 Å². The molecule has 0 spiro atoms. The lowest BCUT2D eigenvalue weighted by molar-refractivity contribution is -0.134. The lowest BCUT2D eigenvalue weighted by atomic mass is 10.1. The quantitative estimate of drug-likeness (QED) is 0.625. The summed E-state index contributed by atoms with van der Waals surface area (Å²) in [5.74, 6) is 0.0121. The number of amides is 1. The van der Waals surface area contributed by atoms with Crippen molar-refractivity contribution in [1.82, 2.24) is 14.7 Å². The summed E-state index contributed by atoms with van der Waals surface area (Å²) in [6.07, 6.45) is 4.29. The molecule has 1 amide bonds. The van der Waals surface area contributed by atoms with Crippen molar-refractivity contribution < 1.29 is 14.3 Å². The zero-order chi connectivity index (χ0) is 17.2. The fourth-order valence-electron chi connectivity index (χ4n) is 2.58. The average molecular weight is 331 g/mol. The van der Waals surface area contributed by atoms with Crippen LogP contribution in [0.4, 0.5) is 0 Å². The second-order valence-electron chi connectivity index (χ2n) is 5.46. The number of nitrogens with zero attached hydrogens (tertiary/aromatic N) is 3. The summed E-state index contributed by atoms with van der Waals surface area (Å²) in [7, 11) is 3.30. The molecule has 0 bridgehead atoms. The minimum absolute atomic E-state index is 0.0121. The number of ether oxygens (including phenoxy) is 2. The summed E-state index contributed by atoms with van der Waals surface area (Å²) < 4.78 is 12.0. The van der Waals surface area contributed by atoms with E-state index in [9.17, 15) is 4.79 Å². The van der Waals surface area contributed by atoms with Crippen LogP contribution in [-0.2, 0) is 14.3 Å². The number of hydrogen-bond donors (Lipinski definition) is 0. The Hall–Kier alpha value is -2.18. The zero-order valence-electron chi connectivity index (χ0n) is 14.3. The minimum Gasteiger partial charge on any atom is -0.385 e. The number of rotatable bonds is 10. The first kappa shape index (κ1) is 18.2. The van der Waals surface area contributed by atoms with Gasteiger partial charge in [0.25, 0.3) is 5.91 Å². The summed E-state index contributed by atoms with van der Waals surface area (Å²) in [5, 5.41) is 4.29. The molecule has 24 heavy (non-hydrogen) atoms. The van der Waals surface area contributed by atoms with Gasteiger partial charge >= 0.3 is 0 Å². The lowest BCUT2D eigenvalue weighted by Gasteiger charge is -2.27. The van der Waals surface area contributed by atoms with Crippen molar-refractivity contribution in [1.29, 1.82) is 0 Å². The number of aromatic nitrogens is 2. The van der Waals surface area contributed by atoms with Gasteiger partial charge in [-0.2, -0.15) is 5.10 Å². The highest BCUT2D eigenvalue weighted by atomic mass is 16.5. The molecule has 2 rings (SSSR count). The number of benzene rings is 1. The van der Waals surface area contributed by atoms with Crippen LogP contribution in [0.25, 0.3) is 0 Å². The van der Waals surface area contributed by atoms with Crippen LogP contribution in [-0.4, -0.2) is 61.1 Å². The van der Waals surface area contributed by atoms with E-state index in [1.165, 1.54) is 0 Å². The summed E-state index contributed by atoms with van der Waals surface area (Å²) in [4.78, 5) is 15.0. The lowest BCUT2D eigenvalue weighted by Crippen LogP contribution is -2.40. The van der Waals surface area contributed by atoms with E-state index in [0.29, 0.717) is 26.3 Å². The Bertz CT molecular complexity index is 587. The van der Waals surface area contributed by atoms with Gasteiger partial charge in [0, 0.05) is 46.3 Å². The van der Waals surface area contributed by atoms with E-state index >= 15 is 0 Å². The van der Waals surface area contributed by atoms with Crippen molar-refractivity contribution in [2.75, 3.05) is 40.5 Å². The van der Waals surface area contributed by atoms with Crippen molar-refractivity contribution >= 4 is 5.91 Å². The number of carbonyl (C=O) groups is 1. The second kappa shape index (κ2) is 9.85. The summed E-state index contributed by atoms with van der Waals surface area (Å²) in [6.45, 7) is 2.29. The standard InChI is InChI=1S/C18H25N3O3/c1-23-14-7-11-20(13-15-24-2)18(22)17(21-12-6-10-19-21)16-8-4-3-5-9-16/h3-6,8-10,12,17H,7,11,13-15H2,1-2H3. The number of hydrogen-bond acceptors (Lipinski definition) is 4. The molecule has 1 aromatic carbocycles. The van der Waals surface area contributed by atoms with Crippen LogP contribution in [0, 0.1) is 0 Å². The molecule has 1 unspecified atom stereocenters. The Morgan fingerprint density at radius 2 is 1.88 bits per heavy atom. The van der Waals surface area contributed by atoms with Crippen LogP contribution in [0.3, 0.4) is 0 Å². The monoisotopic (exact) mass is 331 g/mol. The third-order valence-electron chi connectivity index (χ3n) is 3.79. The first-order valence-corrected chi connectivity index (χ1v) is 8.08. The topological polar surface area (TPSA) is 56.6 Å². The maximum Gasteiger partial charge on any atom is 0.252 e. The van der Waals surface area contributed by atoms with Gasteiger partial charge in [-0.25, -0.2) is 0 Å². The molecule has 1 atom stereocenters. The van der Waals surface area contributed by atoms with Gasteiger partial charge in [0.15, 0.2) is 6.04 Å². The van der Waals surface area contributed by atoms with Gasteiger partial charge < -0.3 is 14.4 Å². The maximum absolute atomic E-state index is 13.2. The molecule has 0 saturated heterocycles. The first-order chi connectivity index (χ1) is 11.8. The SMILES string of the molecule is COCCCN(CCOC)C(=O)C(c1ccccc1)n1cccn1. The molecule has 2 aromatic rings. The highest BCUT2D eigenvalue weighted by Gasteiger charge is 2.27. The molecule has 0 aliphatic carbocycles. The van der Waals surface area contributed by atoms with Crippen LogP contribution >= 0.6 is 0 Å². The zero-order valence-corrected chi connectivity index (χ0v) is 14.3. The van der Waals surface area contributed by atoms with Gasteiger partial charge in [-0.1, -0.05) is 30.3 Å².